The van der Waals surface area contributed by atoms with Crippen molar-refractivity contribution in [2.24, 2.45) is 0 Å². The quantitative estimate of drug-likeness (QED) is 0.421. The number of hydrogen-bond acceptors (Lipinski definition) is 0. The van der Waals surface area contributed by atoms with Crippen molar-refractivity contribution in [1.29, 1.82) is 0 Å². The second-order valence-electron chi connectivity index (χ2n) is 3.60. The molecule has 0 unspecified atom stereocenters. The van der Waals surface area contributed by atoms with Crippen LogP contribution in [0.3, 0.4) is 0 Å². The topological polar surface area (TPSA) is 0 Å². The van der Waals surface area contributed by atoms with E-state index < -0.39 is 0 Å². The number of halogens is 2. The van der Waals surface area contributed by atoms with E-state index in [2.05, 4.69) is 27.6 Å². The molecule has 2 rings (SSSR count). The predicted molar refractivity (Wildman–Crippen MR) is 76.9 cm³/mol. The molecule has 0 aromatic heterocycles. The molecule has 0 spiro atoms. The maximum Gasteiger partial charge on any atom is -0.358 e. The Morgan fingerprint density at radius 2 is 0.533 bits per heavy atom. The van der Waals surface area contributed by atoms with E-state index in [0.717, 1.165) is 0 Å². The van der Waals surface area contributed by atoms with E-state index in [0.29, 0.717) is 12.5 Å². The van der Waals surface area contributed by atoms with Gasteiger partial charge in [0, 0.05) is 0 Å². The van der Waals surface area contributed by atoms with Gasteiger partial charge in [0.1, 0.15) is 0 Å². The van der Waals surface area contributed by atoms with Gasteiger partial charge in [-0.1, -0.05) is 64.2 Å². The van der Waals surface area contributed by atoms with Gasteiger partial charge in [-0.2, -0.15) is 0 Å². The normalized spacial score (nSPS) is 16.9. The first-order valence-corrected chi connectivity index (χ1v) is 12.2. The van der Waals surface area contributed by atoms with Crippen LogP contribution < -0.4 is 0 Å². The Kier molecular flexibility index (Phi) is 30.4. The maximum atomic E-state index is 3.16. The Hall–Kier alpha value is 1.54. The van der Waals surface area contributed by atoms with Crippen LogP contribution in [-0.2, 0) is 12.5 Å². The fraction of sp³-hybridized carbons (Fsp3) is 0.833. The molecule has 3 heteroatoms. The third-order valence-corrected chi connectivity index (χ3v) is 2.50. The zero-order chi connectivity index (χ0) is 9.78. The summed E-state index contributed by atoms with van der Waals surface area (Å²) in [5, 5.41) is 0. The molecule has 0 aliphatic heterocycles. The van der Waals surface area contributed by atoms with Crippen LogP contribution in [0.15, 0.2) is 0 Å². The molecule has 0 heterocycles. The van der Waals surface area contributed by atoms with Crippen LogP contribution in [0, 0.1) is 14.9 Å². The van der Waals surface area contributed by atoms with E-state index in [4.69, 9.17) is 0 Å². The van der Waals surface area contributed by atoms with Gasteiger partial charge in [0.05, 0.1) is 0 Å². The van der Waals surface area contributed by atoms with E-state index in [1.165, 1.54) is 64.2 Å². The van der Waals surface area contributed by atoms with E-state index in [1.54, 1.807) is 0 Å². The Morgan fingerprint density at radius 3 is 0.600 bits per heavy atom. The van der Waals surface area contributed by atoms with Gasteiger partial charge in [-0.25, -0.2) is 0 Å². The summed E-state index contributed by atoms with van der Waals surface area (Å²) in [6.07, 6.45) is 15.0. The second kappa shape index (κ2) is 20.9. The standard InChI is InChI=1S/2C5H10.2CH3.2BrH.V/c2*1-2-4-5-3-1;;;;;/h2*1-5H2;2*1H3;2*1H;/q;;2*-1;;;+2/p-2. The average Bonchev–Trinajstić information content (AvgIpc) is 2.85. The molecule has 0 aromatic carbocycles. The summed E-state index contributed by atoms with van der Waals surface area (Å²) >= 11 is 6.62. The van der Waals surface area contributed by atoms with Crippen LogP contribution in [-0.4, -0.2) is 0 Å². The fourth-order valence-corrected chi connectivity index (χ4v) is 1.77. The van der Waals surface area contributed by atoms with Crippen molar-refractivity contribution in [3.8, 4) is 0 Å². The van der Waals surface area contributed by atoms with Crippen LogP contribution in [0.1, 0.15) is 64.2 Å². The molecule has 0 N–H and O–H groups in total. The molecule has 0 atom stereocenters. The monoisotopic (exact) mass is 379 g/mol. The summed E-state index contributed by atoms with van der Waals surface area (Å²) in [7, 11) is 0. The number of rotatable bonds is 0. The Morgan fingerprint density at radius 1 is 0.467 bits per heavy atom. The Labute approximate surface area is 118 Å². The van der Waals surface area contributed by atoms with Crippen molar-refractivity contribution in [3.05, 3.63) is 14.9 Å². The summed E-state index contributed by atoms with van der Waals surface area (Å²) in [6, 6.07) is 0. The fourth-order valence-electron chi connectivity index (χ4n) is 1.77. The van der Waals surface area contributed by atoms with Crippen molar-refractivity contribution in [1.82, 2.24) is 0 Å². The smallest absolute Gasteiger partial charge is 0.358 e. The van der Waals surface area contributed by atoms with Crippen molar-refractivity contribution in [3.63, 3.8) is 0 Å². The van der Waals surface area contributed by atoms with Crippen molar-refractivity contribution in [2.45, 2.75) is 64.2 Å². The molecule has 0 nitrogen and oxygen atoms in total. The summed E-state index contributed by atoms with van der Waals surface area (Å²) in [5.74, 6) is 0. The minimum Gasteiger partial charge on any atom is -0.358 e. The van der Waals surface area contributed by atoms with Crippen LogP contribution >= 0.6 is 27.6 Å². The van der Waals surface area contributed by atoms with Crippen LogP contribution in [0.4, 0.5) is 0 Å². The molecule has 95 valence electrons. The van der Waals surface area contributed by atoms with Gasteiger partial charge in [-0.3, -0.25) is 0 Å². The molecular weight excluding hydrogens is 355 g/mol. The minimum absolute atomic E-state index is 0. The van der Waals surface area contributed by atoms with E-state index in [-0.39, 0.29) is 14.9 Å². The van der Waals surface area contributed by atoms with Crippen LogP contribution in [0.5, 0.6) is 0 Å². The van der Waals surface area contributed by atoms with E-state index >= 15 is 0 Å². The zero-order valence-electron chi connectivity index (χ0n) is 10.3. The molecule has 2 saturated carbocycles. The summed E-state index contributed by atoms with van der Waals surface area (Å²) in [5.41, 5.74) is 0. The molecular formula is C12H26Br2V-2. The van der Waals surface area contributed by atoms with E-state index in [1.807, 2.05) is 0 Å². The largest absolute Gasteiger partial charge is 0.358 e. The van der Waals surface area contributed by atoms with Gasteiger partial charge in [-0.15, -0.1) is 0 Å². The van der Waals surface area contributed by atoms with Gasteiger partial charge >= 0.3 is 40.1 Å². The molecule has 2 aliphatic carbocycles. The van der Waals surface area contributed by atoms with Gasteiger partial charge < -0.3 is 14.9 Å². The molecule has 0 bridgehead atoms. The molecule has 15 heavy (non-hydrogen) atoms. The predicted octanol–water partition coefficient (Wildman–Crippen LogP) is 6.49. The third kappa shape index (κ3) is 21.4. The summed E-state index contributed by atoms with van der Waals surface area (Å²) in [4.78, 5) is 0. The first-order valence-electron chi connectivity index (χ1n) is 5.34. The maximum absolute atomic E-state index is 3.16. The second-order valence-corrected chi connectivity index (χ2v) is 10.6. The van der Waals surface area contributed by atoms with Gasteiger partial charge in [0.15, 0.2) is 0 Å². The van der Waals surface area contributed by atoms with Gasteiger partial charge in [0.25, 0.3) is 0 Å². The Bertz CT molecular complexity index is 56.5. The van der Waals surface area contributed by atoms with Crippen molar-refractivity contribution < 1.29 is 12.5 Å². The first kappa shape index (κ1) is 21.8. The average molecular weight is 381 g/mol. The van der Waals surface area contributed by atoms with Crippen molar-refractivity contribution in [2.75, 3.05) is 0 Å². The molecule has 0 saturated heterocycles. The summed E-state index contributed by atoms with van der Waals surface area (Å²) < 4.78 is 0. The molecule has 2 aliphatic rings. The SMILES string of the molecule is C1CCCC1.C1CCCC1.[Br][V][Br].[CH3-].[CH3-]. The molecule has 0 amide bonds. The Balaban J connectivity index is -0.000000140. The van der Waals surface area contributed by atoms with Crippen molar-refractivity contribution >= 4 is 27.6 Å². The minimum atomic E-state index is 0. The first-order chi connectivity index (χ1) is 6.41. The van der Waals surface area contributed by atoms with Crippen LogP contribution in [0.2, 0.25) is 0 Å². The summed E-state index contributed by atoms with van der Waals surface area (Å²) in [6.45, 7) is 0. The third-order valence-electron chi connectivity index (χ3n) is 2.50. The molecule has 0 radical (unpaired) electrons. The van der Waals surface area contributed by atoms with Gasteiger partial charge in [-0.05, 0) is 0 Å². The van der Waals surface area contributed by atoms with Crippen LogP contribution in [0.25, 0.3) is 0 Å². The van der Waals surface area contributed by atoms with E-state index in [9.17, 15) is 0 Å². The molecule has 0 aromatic rings. The van der Waals surface area contributed by atoms with Gasteiger partial charge in [0.2, 0.25) is 0 Å². The zero-order valence-corrected chi connectivity index (χ0v) is 14.8. The number of hydrogen-bond donors (Lipinski definition) is 0. The molecule has 2 fully saturated rings.